The maximum Gasteiger partial charge on any atom is 0.218 e. The van der Waals surface area contributed by atoms with E-state index in [1.807, 2.05) is 78.9 Å². The lowest BCUT2D eigenvalue weighted by Crippen LogP contribution is -2.11. The Morgan fingerprint density at radius 1 is 1.03 bits per heavy atom. The minimum atomic E-state index is -0.323. The molecule has 0 spiro atoms. The van der Waals surface area contributed by atoms with Crippen molar-refractivity contribution in [3.63, 3.8) is 0 Å². The van der Waals surface area contributed by atoms with Crippen molar-refractivity contribution >= 4 is 40.2 Å². The van der Waals surface area contributed by atoms with Gasteiger partial charge in [0.1, 0.15) is 12.4 Å². The molecule has 4 aromatic rings. The number of amides is 1. The van der Waals surface area contributed by atoms with Crippen molar-refractivity contribution in [1.82, 2.24) is 4.98 Å². The number of carbonyl (C=O) groups is 1. The number of hydrogen-bond acceptors (Lipinski definition) is 5. The predicted octanol–water partition coefficient (Wildman–Crippen LogP) is 5.66. The Morgan fingerprint density at radius 3 is 2.59 bits per heavy atom. The molecule has 0 saturated carbocycles. The van der Waals surface area contributed by atoms with Crippen LogP contribution in [-0.4, -0.2) is 21.8 Å². The van der Waals surface area contributed by atoms with E-state index in [0.717, 1.165) is 39.0 Å². The van der Waals surface area contributed by atoms with Gasteiger partial charge in [-0.3, -0.25) is 4.79 Å². The lowest BCUT2D eigenvalue weighted by Gasteiger charge is -2.19. The van der Waals surface area contributed by atoms with Crippen LogP contribution in [0, 0.1) is 0 Å². The number of rotatable bonds is 10. The van der Waals surface area contributed by atoms with Crippen molar-refractivity contribution in [2.75, 3.05) is 5.75 Å². The first kappa shape index (κ1) is 24.1. The highest BCUT2D eigenvalue weighted by Crippen LogP contribution is 2.37. The molecule has 3 aromatic carbocycles. The lowest BCUT2D eigenvalue weighted by molar-refractivity contribution is -0.117. The second-order valence-corrected chi connectivity index (χ2v) is 9.52. The molecule has 7 heteroatoms. The van der Waals surface area contributed by atoms with Gasteiger partial charge < -0.3 is 15.6 Å². The van der Waals surface area contributed by atoms with Crippen LogP contribution in [0.25, 0.3) is 10.9 Å². The number of aliphatic hydroxyl groups is 1. The molecule has 1 atom stereocenters. The van der Waals surface area contributed by atoms with Gasteiger partial charge in [0.2, 0.25) is 5.91 Å². The summed E-state index contributed by atoms with van der Waals surface area (Å²) in [5, 5.41) is 11.2. The van der Waals surface area contributed by atoms with Crippen LogP contribution in [0.1, 0.15) is 34.1 Å². The van der Waals surface area contributed by atoms with Crippen molar-refractivity contribution in [2.24, 2.45) is 5.73 Å². The maximum absolute atomic E-state index is 11.3. The molecule has 0 saturated heterocycles. The van der Waals surface area contributed by atoms with E-state index >= 15 is 0 Å². The molecule has 5 nitrogen and oxygen atoms in total. The smallest absolute Gasteiger partial charge is 0.218 e. The molecule has 0 aliphatic rings. The fraction of sp³-hybridized carbons (Fsp3) is 0.185. The van der Waals surface area contributed by atoms with Crippen LogP contribution in [0.3, 0.4) is 0 Å². The van der Waals surface area contributed by atoms with Gasteiger partial charge in [-0.1, -0.05) is 60.1 Å². The number of nitrogens with two attached hydrogens (primary N) is 1. The Labute approximate surface area is 207 Å². The van der Waals surface area contributed by atoms with E-state index in [2.05, 4.69) is 4.98 Å². The van der Waals surface area contributed by atoms with Crippen molar-refractivity contribution in [3.05, 3.63) is 106 Å². The summed E-state index contributed by atoms with van der Waals surface area (Å²) in [6.07, 6.45) is 0.300. The Bertz CT molecular complexity index is 1300. The van der Waals surface area contributed by atoms with Gasteiger partial charge in [0.25, 0.3) is 0 Å². The van der Waals surface area contributed by atoms with E-state index in [1.54, 1.807) is 11.8 Å². The van der Waals surface area contributed by atoms with Crippen LogP contribution < -0.4 is 10.5 Å². The molecule has 0 aliphatic heterocycles. The first-order chi connectivity index (χ1) is 16.5. The Balaban J connectivity index is 1.54. The van der Waals surface area contributed by atoms with Crippen molar-refractivity contribution in [1.29, 1.82) is 0 Å². The summed E-state index contributed by atoms with van der Waals surface area (Å²) in [7, 11) is 0. The number of hydrogen-bond donors (Lipinski definition) is 2. The number of aliphatic hydroxyl groups excluding tert-OH is 1. The molecule has 174 valence electrons. The van der Waals surface area contributed by atoms with Gasteiger partial charge in [0, 0.05) is 22.6 Å². The van der Waals surface area contributed by atoms with E-state index in [-0.39, 0.29) is 17.8 Å². The number of halogens is 1. The van der Waals surface area contributed by atoms with Crippen molar-refractivity contribution in [3.8, 4) is 5.75 Å². The van der Waals surface area contributed by atoms with Crippen LogP contribution in [0.5, 0.6) is 5.75 Å². The molecule has 0 bridgehead atoms. The van der Waals surface area contributed by atoms with Gasteiger partial charge in [-0.05, 0) is 47.0 Å². The molecular formula is C27H25ClN2O3S. The first-order valence-corrected chi connectivity index (χ1v) is 12.3. The summed E-state index contributed by atoms with van der Waals surface area (Å²) in [4.78, 5) is 15.9. The second kappa shape index (κ2) is 11.4. The molecule has 3 N–H and O–H groups in total. The molecule has 0 radical (unpaired) electrons. The zero-order chi connectivity index (χ0) is 23.9. The number of ether oxygens (including phenoxy) is 1. The summed E-state index contributed by atoms with van der Waals surface area (Å²) in [5.74, 6) is 0.999. The van der Waals surface area contributed by atoms with Gasteiger partial charge in [0.15, 0.2) is 0 Å². The zero-order valence-corrected chi connectivity index (χ0v) is 20.1. The maximum atomic E-state index is 11.3. The number of fused-ring (bicyclic) bond motifs is 1. The van der Waals surface area contributed by atoms with Crippen molar-refractivity contribution < 1.29 is 14.6 Å². The summed E-state index contributed by atoms with van der Waals surface area (Å²) in [6.45, 7) is 0.297. The number of benzene rings is 3. The van der Waals surface area contributed by atoms with E-state index in [1.165, 1.54) is 0 Å². The van der Waals surface area contributed by atoms with Crippen LogP contribution >= 0.6 is 23.4 Å². The van der Waals surface area contributed by atoms with Gasteiger partial charge in [-0.2, -0.15) is 0 Å². The Kier molecular flexibility index (Phi) is 8.06. The Hall–Kier alpha value is -3.06. The highest BCUT2D eigenvalue weighted by molar-refractivity contribution is 7.99. The van der Waals surface area contributed by atoms with Gasteiger partial charge in [-0.15, -0.1) is 11.8 Å². The molecule has 1 unspecified atom stereocenters. The summed E-state index contributed by atoms with van der Waals surface area (Å²) < 4.78 is 6.07. The second-order valence-electron chi connectivity index (χ2n) is 7.87. The molecule has 34 heavy (non-hydrogen) atoms. The van der Waals surface area contributed by atoms with Crippen LogP contribution in [0.4, 0.5) is 0 Å². The third-order valence-electron chi connectivity index (χ3n) is 5.33. The molecule has 0 aliphatic carbocycles. The molecular weight excluding hydrogens is 468 g/mol. The number of aromatic nitrogens is 1. The standard InChI is InChI=1S/C27H25ClN2O3S/c28-22-9-7-19-8-10-23(30-25(19)15-22)17-33-24-6-2-5-21(14-24)27(34-12-11-26(29)32)20-4-1-3-18(13-20)16-31/h1-10,13-15,27,31H,11-12,16-17H2,(H2,29,32). The van der Waals surface area contributed by atoms with Gasteiger partial charge >= 0.3 is 0 Å². The largest absolute Gasteiger partial charge is 0.487 e. The Morgan fingerprint density at radius 2 is 1.79 bits per heavy atom. The average molecular weight is 493 g/mol. The van der Waals surface area contributed by atoms with E-state index in [4.69, 9.17) is 22.1 Å². The average Bonchev–Trinajstić information content (AvgIpc) is 2.85. The summed E-state index contributed by atoms with van der Waals surface area (Å²) >= 11 is 7.74. The molecule has 4 rings (SSSR count). The monoisotopic (exact) mass is 492 g/mol. The lowest BCUT2D eigenvalue weighted by atomic mass is 10.0. The highest BCUT2D eigenvalue weighted by atomic mass is 35.5. The first-order valence-electron chi connectivity index (χ1n) is 10.9. The number of nitrogens with zero attached hydrogens (tertiary/aromatic N) is 1. The molecule has 1 heterocycles. The molecule has 0 fully saturated rings. The summed E-state index contributed by atoms with van der Waals surface area (Å²) in [6, 6.07) is 25.3. The third kappa shape index (κ3) is 6.29. The minimum Gasteiger partial charge on any atom is -0.487 e. The van der Waals surface area contributed by atoms with E-state index in [9.17, 15) is 9.90 Å². The van der Waals surface area contributed by atoms with Gasteiger partial charge in [0.05, 0.1) is 23.1 Å². The fourth-order valence-electron chi connectivity index (χ4n) is 3.65. The number of primary amides is 1. The van der Waals surface area contributed by atoms with Crippen LogP contribution in [0.2, 0.25) is 5.02 Å². The highest BCUT2D eigenvalue weighted by Gasteiger charge is 2.17. The zero-order valence-electron chi connectivity index (χ0n) is 18.5. The van der Waals surface area contributed by atoms with Gasteiger partial charge in [-0.25, -0.2) is 4.98 Å². The third-order valence-corrected chi connectivity index (χ3v) is 6.88. The van der Waals surface area contributed by atoms with Crippen molar-refractivity contribution in [2.45, 2.75) is 24.9 Å². The molecule has 1 aromatic heterocycles. The minimum absolute atomic E-state index is 0.0281. The predicted molar refractivity (Wildman–Crippen MR) is 138 cm³/mol. The SMILES string of the molecule is NC(=O)CCSC(c1cccc(CO)c1)c1cccc(OCc2ccc3ccc(Cl)cc3n2)c1. The summed E-state index contributed by atoms with van der Waals surface area (Å²) in [5.41, 5.74) is 9.91. The normalized spacial score (nSPS) is 11.9. The number of pyridine rings is 1. The number of carbonyl (C=O) groups excluding carboxylic acids is 1. The van der Waals surface area contributed by atoms with E-state index in [0.29, 0.717) is 23.8 Å². The number of thioether (sulfide) groups is 1. The quantitative estimate of drug-likeness (QED) is 0.298. The van der Waals surface area contributed by atoms with Crippen LogP contribution in [0.15, 0.2) is 78.9 Å². The van der Waals surface area contributed by atoms with Crippen LogP contribution in [-0.2, 0) is 18.0 Å². The molecule has 1 amide bonds. The fourth-order valence-corrected chi connectivity index (χ4v) is 5.05. The topological polar surface area (TPSA) is 85.4 Å². The van der Waals surface area contributed by atoms with E-state index < -0.39 is 0 Å².